The average molecular weight is 197 g/mol. The molecule has 0 bridgehead atoms. The zero-order chi connectivity index (χ0) is 9.97. The Kier molecular flexibility index (Phi) is 3.45. The highest BCUT2D eigenvalue weighted by Crippen LogP contribution is 2.25. The lowest BCUT2D eigenvalue weighted by Crippen LogP contribution is -2.43. The Labute approximate surface area is 87.4 Å². The van der Waals surface area contributed by atoms with Crippen LogP contribution in [-0.2, 0) is 4.74 Å². The van der Waals surface area contributed by atoms with Crippen LogP contribution >= 0.6 is 0 Å². The minimum atomic E-state index is 0.423. The Morgan fingerprint density at radius 2 is 2.00 bits per heavy atom. The summed E-state index contributed by atoms with van der Waals surface area (Å²) in [5.41, 5.74) is 0. The van der Waals surface area contributed by atoms with Gasteiger partial charge in [-0.3, -0.25) is 0 Å². The van der Waals surface area contributed by atoms with E-state index in [9.17, 15) is 0 Å². The van der Waals surface area contributed by atoms with E-state index in [0.29, 0.717) is 12.1 Å². The van der Waals surface area contributed by atoms with Crippen molar-refractivity contribution in [3.8, 4) is 0 Å². The second-order valence-corrected chi connectivity index (χ2v) is 5.11. The molecule has 1 aliphatic carbocycles. The third kappa shape index (κ3) is 2.48. The van der Waals surface area contributed by atoms with Gasteiger partial charge in [0.1, 0.15) is 0 Å². The van der Waals surface area contributed by atoms with Crippen LogP contribution in [0.5, 0.6) is 0 Å². The first kappa shape index (κ1) is 10.4. The lowest BCUT2D eigenvalue weighted by atomic mass is 9.86. The highest BCUT2D eigenvalue weighted by atomic mass is 16.5. The summed E-state index contributed by atoms with van der Waals surface area (Å²) in [7, 11) is 0. The molecule has 2 heteroatoms. The van der Waals surface area contributed by atoms with E-state index in [4.69, 9.17) is 4.74 Å². The van der Waals surface area contributed by atoms with Crippen LogP contribution in [0.3, 0.4) is 0 Å². The molecule has 1 saturated heterocycles. The fourth-order valence-corrected chi connectivity index (χ4v) is 2.84. The van der Waals surface area contributed by atoms with Crippen LogP contribution in [0.15, 0.2) is 0 Å². The topological polar surface area (TPSA) is 21.3 Å². The molecule has 0 radical (unpaired) electrons. The average Bonchev–Trinajstić information content (AvgIpc) is 2.52. The van der Waals surface area contributed by atoms with Gasteiger partial charge < -0.3 is 10.1 Å². The molecule has 2 nitrogen and oxygen atoms in total. The van der Waals surface area contributed by atoms with Gasteiger partial charge in [0.2, 0.25) is 0 Å². The highest BCUT2D eigenvalue weighted by molar-refractivity contribution is 4.85. The molecule has 2 rings (SSSR count). The van der Waals surface area contributed by atoms with Gasteiger partial charge in [0.25, 0.3) is 0 Å². The van der Waals surface area contributed by atoms with Crippen LogP contribution < -0.4 is 5.32 Å². The molecule has 82 valence electrons. The molecular formula is C12H23NO. The Morgan fingerprint density at radius 1 is 1.14 bits per heavy atom. The van der Waals surface area contributed by atoms with E-state index in [1.54, 1.807) is 0 Å². The van der Waals surface area contributed by atoms with Crippen LogP contribution in [-0.4, -0.2) is 24.8 Å². The minimum absolute atomic E-state index is 0.423. The smallest absolute Gasteiger partial charge is 0.0700 e. The van der Waals surface area contributed by atoms with Crippen molar-refractivity contribution in [1.29, 1.82) is 0 Å². The van der Waals surface area contributed by atoms with Crippen molar-refractivity contribution in [2.45, 2.75) is 64.1 Å². The zero-order valence-corrected chi connectivity index (χ0v) is 9.46. The van der Waals surface area contributed by atoms with Crippen molar-refractivity contribution in [2.75, 3.05) is 6.61 Å². The van der Waals surface area contributed by atoms with E-state index in [1.807, 2.05) is 0 Å². The summed E-state index contributed by atoms with van der Waals surface area (Å²) in [4.78, 5) is 0. The van der Waals surface area contributed by atoms with E-state index in [2.05, 4.69) is 19.2 Å². The van der Waals surface area contributed by atoms with E-state index in [-0.39, 0.29) is 0 Å². The molecule has 1 N–H and O–H groups in total. The maximum absolute atomic E-state index is 5.57. The molecule has 4 unspecified atom stereocenters. The maximum Gasteiger partial charge on any atom is 0.0700 e. The Hall–Kier alpha value is -0.0800. The predicted molar refractivity (Wildman–Crippen MR) is 58.4 cm³/mol. The van der Waals surface area contributed by atoms with Gasteiger partial charge in [-0.05, 0) is 32.1 Å². The quantitative estimate of drug-likeness (QED) is 0.733. The molecule has 0 amide bonds. The highest BCUT2D eigenvalue weighted by Gasteiger charge is 2.28. The van der Waals surface area contributed by atoms with Gasteiger partial charge in [-0.1, -0.05) is 19.8 Å². The SMILES string of the molecule is CC1CCCC(NC2CCOC2C)C1. The summed E-state index contributed by atoms with van der Waals surface area (Å²) >= 11 is 0. The van der Waals surface area contributed by atoms with Gasteiger partial charge >= 0.3 is 0 Å². The molecule has 1 saturated carbocycles. The normalized spacial score (nSPS) is 44.1. The molecule has 2 aliphatic rings. The molecule has 1 heterocycles. The van der Waals surface area contributed by atoms with Crippen molar-refractivity contribution in [3.63, 3.8) is 0 Å². The molecule has 0 aromatic rings. The third-order valence-corrected chi connectivity index (χ3v) is 3.76. The number of hydrogen-bond acceptors (Lipinski definition) is 2. The maximum atomic E-state index is 5.57. The van der Waals surface area contributed by atoms with Crippen LogP contribution in [0.25, 0.3) is 0 Å². The van der Waals surface area contributed by atoms with Gasteiger partial charge in [0, 0.05) is 18.7 Å². The fraction of sp³-hybridized carbons (Fsp3) is 1.00. The van der Waals surface area contributed by atoms with Crippen molar-refractivity contribution < 1.29 is 4.74 Å². The Balaban J connectivity index is 1.78. The van der Waals surface area contributed by atoms with Crippen LogP contribution in [0.2, 0.25) is 0 Å². The van der Waals surface area contributed by atoms with Crippen molar-refractivity contribution in [1.82, 2.24) is 5.32 Å². The molecule has 0 spiro atoms. The molecule has 14 heavy (non-hydrogen) atoms. The van der Waals surface area contributed by atoms with Gasteiger partial charge in [0.15, 0.2) is 0 Å². The van der Waals surface area contributed by atoms with E-state index >= 15 is 0 Å². The van der Waals surface area contributed by atoms with Gasteiger partial charge in [-0.2, -0.15) is 0 Å². The lowest BCUT2D eigenvalue weighted by molar-refractivity contribution is 0.108. The van der Waals surface area contributed by atoms with Crippen LogP contribution in [0, 0.1) is 5.92 Å². The summed E-state index contributed by atoms with van der Waals surface area (Å²) in [6.45, 7) is 5.51. The summed E-state index contributed by atoms with van der Waals surface area (Å²) in [6.07, 6.45) is 7.19. The zero-order valence-electron chi connectivity index (χ0n) is 9.46. The molecule has 0 aromatic heterocycles. The van der Waals surface area contributed by atoms with Gasteiger partial charge in [-0.15, -0.1) is 0 Å². The number of ether oxygens (including phenoxy) is 1. The lowest BCUT2D eigenvalue weighted by Gasteiger charge is -2.30. The molecule has 0 aromatic carbocycles. The number of hydrogen-bond donors (Lipinski definition) is 1. The number of rotatable bonds is 2. The van der Waals surface area contributed by atoms with E-state index < -0.39 is 0 Å². The molecule has 1 aliphatic heterocycles. The van der Waals surface area contributed by atoms with Crippen molar-refractivity contribution >= 4 is 0 Å². The summed E-state index contributed by atoms with van der Waals surface area (Å²) in [5, 5.41) is 3.77. The number of nitrogens with one attached hydrogen (secondary N) is 1. The Morgan fingerprint density at radius 3 is 2.64 bits per heavy atom. The van der Waals surface area contributed by atoms with Crippen LogP contribution in [0.4, 0.5) is 0 Å². The Bertz CT molecular complexity index is 183. The second kappa shape index (κ2) is 4.63. The first-order valence-electron chi connectivity index (χ1n) is 6.13. The monoisotopic (exact) mass is 197 g/mol. The van der Waals surface area contributed by atoms with Crippen LogP contribution in [0.1, 0.15) is 46.0 Å². The standard InChI is InChI=1S/C12H23NO/c1-9-4-3-5-11(8-9)13-12-6-7-14-10(12)2/h9-13H,3-8H2,1-2H3. The summed E-state index contributed by atoms with van der Waals surface area (Å²) in [6, 6.07) is 1.37. The first-order chi connectivity index (χ1) is 6.75. The van der Waals surface area contributed by atoms with Crippen molar-refractivity contribution in [3.05, 3.63) is 0 Å². The molecular weight excluding hydrogens is 174 g/mol. The molecule has 2 fully saturated rings. The first-order valence-corrected chi connectivity index (χ1v) is 6.13. The van der Waals surface area contributed by atoms with Crippen molar-refractivity contribution in [2.24, 2.45) is 5.92 Å². The van der Waals surface area contributed by atoms with E-state index in [1.165, 1.54) is 32.1 Å². The second-order valence-electron chi connectivity index (χ2n) is 5.11. The largest absolute Gasteiger partial charge is 0.377 e. The molecule has 4 atom stereocenters. The summed E-state index contributed by atoms with van der Waals surface area (Å²) in [5.74, 6) is 0.916. The van der Waals surface area contributed by atoms with E-state index in [0.717, 1.165) is 18.6 Å². The summed E-state index contributed by atoms with van der Waals surface area (Å²) < 4.78 is 5.57. The fourth-order valence-electron chi connectivity index (χ4n) is 2.84. The van der Waals surface area contributed by atoms with Gasteiger partial charge in [0.05, 0.1) is 6.10 Å². The predicted octanol–water partition coefficient (Wildman–Crippen LogP) is 2.33. The third-order valence-electron chi connectivity index (χ3n) is 3.76. The van der Waals surface area contributed by atoms with Gasteiger partial charge in [-0.25, -0.2) is 0 Å². The minimum Gasteiger partial charge on any atom is -0.377 e.